The molecule has 1 heterocycles. The van der Waals surface area contributed by atoms with E-state index in [1.807, 2.05) is 32.9 Å². The van der Waals surface area contributed by atoms with Crippen LogP contribution < -0.4 is 20.1 Å². The third-order valence-electron chi connectivity index (χ3n) is 5.05. The van der Waals surface area contributed by atoms with Crippen molar-refractivity contribution in [2.75, 3.05) is 24.9 Å². The highest BCUT2D eigenvalue weighted by atomic mass is 16.5. The summed E-state index contributed by atoms with van der Waals surface area (Å²) in [5, 5.41) is 6.48. The van der Waals surface area contributed by atoms with Crippen molar-refractivity contribution in [2.45, 2.75) is 27.7 Å². The van der Waals surface area contributed by atoms with Gasteiger partial charge in [-0.15, -0.1) is 0 Å². The van der Waals surface area contributed by atoms with Gasteiger partial charge in [0, 0.05) is 35.7 Å². The molecule has 2 N–H and O–H groups in total. The first-order valence-electron chi connectivity index (χ1n) is 9.76. The van der Waals surface area contributed by atoms with Crippen LogP contribution in [0.3, 0.4) is 0 Å². The van der Waals surface area contributed by atoms with Crippen molar-refractivity contribution in [1.82, 2.24) is 0 Å². The van der Waals surface area contributed by atoms with Gasteiger partial charge in [-0.1, -0.05) is 0 Å². The fraction of sp³-hybridized carbons (Fsp3) is 0.250. The highest BCUT2D eigenvalue weighted by Crippen LogP contribution is 2.35. The van der Waals surface area contributed by atoms with Crippen LogP contribution in [0.25, 0.3) is 16.5 Å². The average molecular weight is 422 g/mol. The van der Waals surface area contributed by atoms with Gasteiger partial charge in [0.1, 0.15) is 22.8 Å². The van der Waals surface area contributed by atoms with Crippen LogP contribution in [-0.2, 0) is 9.59 Å². The van der Waals surface area contributed by atoms with Gasteiger partial charge in [-0.3, -0.25) is 9.59 Å². The van der Waals surface area contributed by atoms with Crippen LogP contribution in [0.15, 0.2) is 40.8 Å². The molecular formula is C24H26N2O5. The minimum atomic E-state index is -0.335. The van der Waals surface area contributed by atoms with Crippen LogP contribution in [0.2, 0.25) is 0 Å². The normalized spacial score (nSPS) is 11.4. The lowest BCUT2D eigenvalue weighted by molar-refractivity contribution is -0.114. The van der Waals surface area contributed by atoms with E-state index in [2.05, 4.69) is 10.6 Å². The molecule has 0 aliphatic carbocycles. The van der Waals surface area contributed by atoms with Gasteiger partial charge >= 0.3 is 0 Å². The predicted octanol–water partition coefficient (Wildman–Crippen LogP) is 5.07. The van der Waals surface area contributed by atoms with E-state index in [-0.39, 0.29) is 11.8 Å². The highest BCUT2D eigenvalue weighted by molar-refractivity contribution is 6.06. The molecule has 0 fully saturated rings. The second-order valence-corrected chi connectivity index (χ2v) is 7.24. The van der Waals surface area contributed by atoms with E-state index in [1.165, 1.54) is 20.1 Å². The summed E-state index contributed by atoms with van der Waals surface area (Å²) in [6.45, 7) is 7.18. The minimum absolute atomic E-state index is 0.203. The Hall–Kier alpha value is -3.74. The largest absolute Gasteiger partial charge is 0.496 e. The van der Waals surface area contributed by atoms with E-state index < -0.39 is 0 Å². The fourth-order valence-electron chi connectivity index (χ4n) is 3.38. The van der Waals surface area contributed by atoms with E-state index >= 15 is 0 Å². The molecule has 2 aromatic carbocycles. The second-order valence-electron chi connectivity index (χ2n) is 7.24. The summed E-state index contributed by atoms with van der Waals surface area (Å²) >= 11 is 0. The summed E-state index contributed by atoms with van der Waals surface area (Å²) in [7, 11) is 3.10. The summed E-state index contributed by atoms with van der Waals surface area (Å²) in [6, 6.07) is 8.83. The number of rotatable bonds is 6. The summed E-state index contributed by atoms with van der Waals surface area (Å²) < 4.78 is 16.6. The number of benzene rings is 2. The Morgan fingerprint density at radius 3 is 2.32 bits per heavy atom. The van der Waals surface area contributed by atoms with Crippen molar-refractivity contribution >= 4 is 39.7 Å². The van der Waals surface area contributed by atoms with Crippen LogP contribution in [0.4, 0.5) is 11.4 Å². The van der Waals surface area contributed by atoms with Gasteiger partial charge in [-0.2, -0.15) is 0 Å². The molecule has 0 atom stereocenters. The van der Waals surface area contributed by atoms with Crippen LogP contribution in [0.5, 0.6) is 11.5 Å². The Labute approximate surface area is 181 Å². The zero-order valence-corrected chi connectivity index (χ0v) is 18.5. The molecule has 0 spiro atoms. The first-order valence-corrected chi connectivity index (χ1v) is 9.76. The Balaban J connectivity index is 1.93. The van der Waals surface area contributed by atoms with Gasteiger partial charge in [-0.05, 0) is 56.2 Å². The number of hydrogen-bond donors (Lipinski definition) is 2. The Bertz CT molecular complexity index is 1190. The molecule has 3 aromatic rings. The molecule has 0 saturated carbocycles. The lowest BCUT2D eigenvalue weighted by Crippen LogP contribution is -2.11. The minimum Gasteiger partial charge on any atom is -0.496 e. The lowest BCUT2D eigenvalue weighted by atomic mass is 10.0. The number of furan rings is 1. The number of amides is 2. The molecule has 162 valence electrons. The Morgan fingerprint density at radius 2 is 1.68 bits per heavy atom. The number of aryl methyl sites for hydroxylation is 2. The molecule has 0 unspecified atom stereocenters. The van der Waals surface area contributed by atoms with Crippen LogP contribution >= 0.6 is 0 Å². The maximum absolute atomic E-state index is 12.7. The third kappa shape index (κ3) is 4.71. The van der Waals surface area contributed by atoms with E-state index in [9.17, 15) is 9.59 Å². The van der Waals surface area contributed by atoms with Crippen molar-refractivity contribution in [3.63, 3.8) is 0 Å². The zero-order valence-electron chi connectivity index (χ0n) is 18.5. The number of nitrogens with one attached hydrogen (secondary N) is 2. The molecule has 0 aliphatic heterocycles. The first kappa shape index (κ1) is 22.0. The number of anilines is 2. The Morgan fingerprint density at radius 1 is 0.968 bits per heavy atom. The number of carbonyl (C=O) groups is 2. The molecule has 3 rings (SSSR count). The predicted molar refractivity (Wildman–Crippen MR) is 122 cm³/mol. The number of allylic oxidation sites excluding steroid dienone is 1. The molecule has 2 amide bonds. The van der Waals surface area contributed by atoms with E-state index in [4.69, 9.17) is 13.9 Å². The van der Waals surface area contributed by atoms with Crippen LogP contribution in [0.1, 0.15) is 30.7 Å². The van der Waals surface area contributed by atoms with E-state index in [0.717, 1.165) is 33.4 Å². The average Bonchev–Trinajstić information content (AvgIpc) is 2.99. The SMILES string of the molecule is COc1ccc(NC(C)=O)cc1NC(=O)/C=C(\C)c1cc2c(C)c(C)oc2cc1OC. The van der Waals surface area contributed by atoms with Gasteiger partial charge in [-0.25, -0.2) is 0 Å². The number of carbonyl (C=O) groups excluding carboxylic acids is 2. The zero-order chi connectivity index (χ0) is 22.7. The Kier molecular flexibility index (Phi) is 6.34. The number of fused-ring (bicyclic) bond motifs is 1. The summed E-state index contributed by atoms with van der Waals surface area (Å²) in [6.07, 6.45) is 1.50. The lowest BCUT2D eigenvalue weighted by Gasteiger charge is -2.12. The quantitative estimate of drug-likeness (QED) is 0.542. The highest BCUT2D eigenvalue weighted by Gasteiger charge is 2.15. The standard InChI is InChI=1S/C24H26N2O5/c1-13(18-11-19-14(2)15(3)31-23(19)12-22(18)30-6)9-24(28)26-20-10-17(25-16(4)27)7-8-21(20)29-5/h7-12H,1-6H3,(H,25,27)(H,26,28)/b13-9+. The van der Waals surface area contributed by atoms with Crippen molar-refractivity contribution in [3.05, 3.63) is 53.3 Å². The molecular weight excluding hydrogens is 396 g/mol. The maximum atomic E-state index is 12.7. The maximum Gasteiger partial charge on any atom is 0.248 e. The van der Waals surface area contributed by atoms with E-state index in [1.54, 1.807) is 25.3 Å². The second kappa shape index (κ2) is 8.95. The molecule has 7 heteroatoms. The smallest absolute Gasteiger partial charge is 0.248 e. The van der Waals surface area contributed by atoms with Gasteiger partial charge in [0.05, 0.1) is 19.9 Å². The van der Waals surface area contributed by atoms with Crippen molar-refractivity contribution in [1.29, 1.82) is 0 Å². The topological polar surface area (TPSA) is 89.8 Å². The van der Waals surface area contributed by atoms with Gasteiger partial charge < -0.3 is 24.5 Å². The monoisotopic (exact) mass is 422 g/mol. The number of hydrogen-bond acceptors (Lipinski definition) is 5. The molecule has 0 bridgehead atoms. The molecule has 1 aromatic heterocycles. The molecule has 31 heavy (non-hydrogen) atoms. The molecule has 0 saturated heterocycles. The number of methoxy groups -OCH3 is 2. The third-order valence-corrected chi connectivity index (χ3v) is 5.05. The fourth-order valence-corrected chi connectivity index (χ4v) is 3.38. The van der Waals surface area contributed by atoms with Crippen molar-refractivity contribution < 1.29 is 23.5 Å². The number of ether oxygens (including phenoxy) is 2. The van der Waals surface area contributed by atoms with E-state index in [0.29, 0.717) is 22.9 Å². The van der Waals surface area contributed by atoms with Crippen LogP contribution in [-0.4, -0.2) is 26.0 Å². The van der Waals surface area contributed by atoms with Gasteiger partial charge in [0.2, 0.25) is 11.8 Å². The summed E-state index contributed by atoms with van der Waals surface area (Å²) in [4.78, 5) is 24.1. The van der Waals surface area contributed by atoms with Crippen molar-refractivity contribution in [3.8, 4) is 11.5 Å². The van der Waals surface area contributed by atoms with Crippen molar-refractivity contribution in [2.24, 2.45) is 0 Å². The molecule has 0 radical (unpaired) electrons. The molecule has 0 aliphatic rings. The van der Waals surface area contributed by atoms with Gasteiger partial charge in [0.25, 0.3) is 0 Å². The summed E-state index contributed by atoms with van der Waals surface area (Å²) in [5.41, 5.74) is 4.33. The first-order chi connectivity index (χ1) is 14.7. The summed E-state index contributed by atoms with van der Waals surface area (Å²) in [5.74, 6) is 1.41. The van der Waals surface area contributed by atoms with Gasteiger partial charge in [0.15, 0.2) is 0 Å². The molecule has 7 nitrogen and oxygen atoms in total. The van der Waals surface area contributed by atoms with Crippen LogP contribution in [0, 0.1) is 13.8 Å².